The number of unbranched alkanes of at least 4 members (excludes halogenated alkanes) is 1. The quantitative estimate of drug-likeness (QED) is 0.773. The number of sulfonamides is 1. The van der Waals surface area contributed by atoms with Gasteiger partial charge in [0.15, 0.2) is 0 Å². The molecule has 5 nitrogen and oxygen atoms in total. The van der Waals surface area contributed by atoms with E-state index in [1.54, 1.807) is 0 Å². The largest absolute Gasteiger partial charge is 0.330 e. The highest BCUT2D eigenvalue weighted by Crippen LogP contribution is 2.23. The van der Waals surface area contributed by atoms with Gasteiger partial charge in [0.25, 0.3) is 0 Å². The lowest BCUT2D eigenvalue weighted by Gasteiger charge is -2.29. The van der Waals surface area contributed by atoms with Gasteiger partial charge in [-0.05, 0) is 55.6 Å². The summed E-state index contributed by atoms with van der Waals surface area (Å²) in [6, 6.07) is 5.81. The van der Waals surface area contributed by atoms with Crippen LogP contribution in [0.25, 0.3) is 0 Å². The first-order valence-electron chi connectivity index (χ1n) is 7.00. The fourth-order valence-electron chi connectivity index (χ4n) is 2.56. The van der Waals surface area contributed by atoms with Crippen molar-refractivity contribution in [2.45, 2.75) is 25.8 Å². The van der Waals surface area contributed by atoms with E-state index < -0.39 is 10.0 Å². The molecule has 1 aliphatic rings. The van der Waals surface area contributed by atoms with Crippen molar-refractivity contribution >= 4 is 15.7 Å². The van der Waals surface area contributed by atoms with Crippen molar-refractivity contribution in [3.8, 4) is 0 Å². The minimum Gasteiger partial charge on any atom is -0.330 e. The highest BCUT2D eigenvalue weighted by atomic mass is 32.2. The first-order chi connectivity index (χ1) is 9.48. The molecule has 0 aliphatic carbocycles. The zero-order chi connectivity index (χ0) is 14.6. The zero-order valence-corrected chi connectivity index (χ0v) is 12.7. The van der Waals surface area contributed by atoms with Gasteiger partial charge in [-0.3, -0.25) is 9.62 Å². The molecule has 0 aromatic heterocycles. The Bertz CT molecular complexity index is 558. The van der Waals surface area contributed by atoms with Crippen LogP contribution >= 0.6 is 0 Å². The maximum Gasteiger partial charge on any atom is 0.229 e. The Labute approximate surface area is 121 Å². The third-order valence-corrected chi connectivity index (χ3v) is 4.14. The van der Waals surface area contributed by atoms with Crippen molar-refractivity contribution < 1.29 is 8.42 Å². The molecule has 0 amide bonds. The van der Waals surface area contributed by atoms with Crippen LogP contribution in [0.15, 0.2) is 18.2 Å². The Morgan fingerprint density at radius 3 is 2.80 bits per heavy atom. The summed E-state index contributed by atoms with van der Waals surface area (Å²) in [4.78, 5) is 2.40. The van der Waals surface area contributed by atoms with E-state index >= 15 is 0 Å². The molecule has 1 aliphatic heterocycles. The molecule has 0 saturated heterocycles. The topological polar surface area (TPSA) is 75.4 Å². The molecule has 0 unspecified atom stereocenters. The summed E-state index contributed by atoms with van der Waals surface area (Å²) in [5.74, 6) is 0. The molecular formula is C14H23N3O2S. The van der Waals surface area contributed by atoms with E-state index in [1.807, 2.05) is 18.2 Å². The van der Waals surface area contributed by atoms with Crippen LogP contribution in [0, 0.1) is 0 Å². The third-order valence-electron chi connectivity index (χ3n) is 3.53. The van der Waals surface area contributed by atoms with Gasteiger partial charge >= 0.3 is 0 Å². The number of benzene rings is 1. The highest BCUT2D eigenvalue weighted by Gasteiger charge is 2.16. The molecule has 1 heterocycles. The summed E-state index contributed by atoms with van der Waals surface area (Å²) in [5, 5.41) is 0. The van der Waals surface area contributed by atoms with E-state index in [4.69, 9.17) is 5.73 Å². The average Bonchev–Trinajstić information content (AvgIpc) is 2.37. The first-order valence-corrected chi connectivity index (χ1v) is 8.89. The lowest BCUT2D eigenvalue weighted by atomic mass is 9.99. The van der Waals surface area contributed by atoms with Gasteiger partial charge in [-0.15, -0.1) is 0 Å². The predicted molar refractivity (Wildman–Crippen MR) is 82.2 cm³/mol. The monoisotopic (exact) mass is 297 g/mol. The minimum atomic E-state index is -3.21. The number of hydrogen-bond donors (Lipinski definition) is 2. The Morgan fingerprint density at radius 2 is 2.10 bits per heavy atom. The molecular weight excluding hydrogens is 274 g/mol. The summed E-state index contributed by atoms with van der Waals surface area (Å²) in [5.41, 5.74) is 8.70. The molecule has 1 aromatic rings. The first kappa shape index (κ1) is 15.3. The van der Waals surface area contributed by atoms with E-state index in [-0.39, 0.29) is 0 Å². The van der Waals surface area contributed by atoms with E-state index in [0.29, 0.717) is 5.69 Å². The molecule has 0 atom stereocenters. The number of nitrogens with one attached hydrogen (secondary N) is 1. The van der Waals surface area contributed by atoms with Gasteiger partial charge < -0.3 is 5.73 Å². The average molecular weight is 297 g/mol. The molecule has 1 aromatic carbocycles. The molecule has 6 heteroatoms. The maximum absolute atomic E-state index is 11.3. The fraction of sp³-hybridized carbons (Fsp3) is 0.571. The second kappa shape index (κ2) is 6.56. The second-order valence-corrected chi connectivity index (χ2v) is 7.13. The lowest BCUT2D eigenvalue weighted by molar-refractivity contribution is 0.249. The Balaban J connectivity index is 2.04. The molecule has 0 bridgehead atoms. The minimum absolute atomic E-state index is 0.648. The van der Waals surface area contributed by atoms with Gasteiger partial charge in [0.2, 0.25) is 10.0 Å². The van der Waals surface area contributed by atoms with Crippen molar-refractivity contribution in [1.82, 2.24) is 4.90 Å². The number of hydrogen-bond acceptors (Lipinski definition) is 4. The summed E-state index contributed by atoms with van der Waals surface area (Å²) in [7, 11) is -3.21. The Kier molecular flexibility index (Phi) is 5.01. The molecule has 0 radical (unpaired) electrons. The number of nitrogens with two attached hydrogens (primary N) is 1. The van der Waals surface area contributed by atoms with Gasteiger partial charge in [0.05, 0.1) is 6.26 Å². The standard InChI is InChI=1S/C14H23N3O2S/c1-20(18,19)16-14-5-4-12-6-9-17(8-3-2-7-15)11-13(12)10-14/h4-5,10,16H,2-3,6-9,11,15H2,1H3. The van der Waals surface area contributed by atoms with Gasteiger partial charge in [-0.25, -0.2) is 8.42 Å². The normalized spacial score (nSPS) is 15.9. The van der Waals surface area contributed by atoms with Crippen molar-refractivity contribution in [1.29, 1.82) is 0 Å². The van der Waals surface area contributed by atoms with E-state index in [9.17, 15) is 8.42 Å². The maximum atomic E-state index is 11.3. The van der Waals surface area contributed by atoms with Crippen LogP contribution in [0.2, 0.25) is 0 Å². The van der Waals surface area contributed by atoms with Crippen LogP contribution in [0.3, 0.4) is 0 Å². The van der Waals surface area contributed by atoms with Gasteiger partial charge in [0.1, 0.15) is 0 Å². The van der Waals surface area contributed by atoms with Crippen LogP contribution in [0.1, 0.15) is 24.0 Å². The van der Waals surface area contributed by atoms with E-state index in [1.165, 1.54) is 17.4 Å². The molecule has 20 heavy (non-hydrogen) atoms. The molecule has 2 rings (SSSR count). The summed E-state index contributed by atoms with van der Waals surface area (Å²) < 4.78 is 25.1. The van der Waals surface area contributed by atoms with Gasteiger partial charge in [0, 0.05) is 18.8 Å². The second-order valence-electron chi connectivity index (χ2n) is 5.38. The number of rotatable bonds is 6. The molecule has 0 fully saturated rings. The Hall–Kier alpha value is -1.11. The van der Waals surface area contributed by atoms with Crippen LogP contribution in [-0.4, -0.2) is 39.2 Å². The fourth-order valence-corrected chi connectivity index (χ4v) is 3.12. The SMILES string of the molecule is CS(=O)(=O)Nc1ccc2c(c1)CN(CCCCN)CC2. The van der Waals surface area contributed by atoms with Crippen molar-refractivity contribution in [2.75, 3.05) is 30.6 Å². The molecule has 0 saturated carbocycles. The van der Waals surface area contributed by atoms with Gasteiger partial charge in [-0.2, -0.15) is 0 Å². The van der Waals surface area contributed by atoms with E-state index in [2.05, 4.69) is 9.62 Å². The number of nitrogens with zero attached hydrogens (tertiary/aromatic N) is 1. The third kappa shape index (κ3) is 4.47. The predicted octanol–water partition coefficient (Wildman–Crippen LogP) is 1.16. The summed E-state index contributed by atoms with van der Waals surface area (Å²) >= 11 is 0. The number of fused-ring (bicyclic) bond motifs is 1. The lowest BCUT2D eigenvalue weighted by Crippen LogP contribution is -2.31. The summed E-state index contributed by atoms with van der Waals surface area (Å²) in [6.45, 7) is 3.75. The van der Waals surface area contributed by atoms with Crippen molar-refractivity contribution in [3.05, 3.63) is 29.3 Å². The van der Waals surface area contributed by atoms with Crippen LogP contribution < -0.4 is 10.5 Å². The van der Waals surface area contributed by atoms with E-state index in [0.717, 1.165) is 45.4 Å². The molecule has 112 valence electrons. The van der Waals surface area contributed by atoms with Crippen LogP contribution in [0.4, 0.5) is 5.69 Å². The van der Waals surface area contributed by atoms with Gasteiger partial charge in [-0.1, -0.05) is 6.07 Å². The summed E-state index contributed by atoms with van der Waals surface area (Å²) in [6.07, 6.45) is 4.37. The number of anilines is 1. The molecule has 0 spiro atoms. The zero-order valence-electron chi connectivity index (χ0n) is 11.9. The van der Waals surface area contributed by atoms with Crippen LogP contribution in [-0.2, 0) is 23.0 Å². The highest BCUT2D eigenvalue weighted by molar-refractivity contribution is 7.92. The van der Waals surface area contributed by atoms with Crippen molar-refractivity contribution in [2.24, 2.45) is 5.73 Å². The van der Waals surface area contributed by atoms with Crippen molar-refractivity contribution in [3.63, 3.8) is 0 Å². The van der Waals surface area contributed by atoms with Crippen LogP contribution in [0.5, 0.6) is 0 Å². The Morgan fingerprint density at radius 1 is 1.30 bits per heavy atom. The molecule has 3 N–H and O–H groups in total. The smallest absolute Gasteiger partial charge is 0.229 e.